The molecule has 1 aromatic heterocycles. The molecule has 2 aromatic rings. The molecule has 1 aromatic carbocycles. The molecule has 24 heavy (non-hydrogen) atoms. The molecule has 0 bridgehead atoms. The Labute approximate surface area is 142 Å². The van der Waals surface area contributed by atoms with Crippen molar-refractivity contribution in [2.24, 2.45) is 0 Å². The average Bonchev–Trinajstić information content (AvgIpc) is 3.04. The molecule has 1 aliphatic rings. The van der Waals surface area contributed by atoms with Gasteiger partial charge in [-0.15, -0.1) is 10.2 Å². The standard InChI is InChI=1S/C18H24N4O2/c1-13(2)18-21-20-12-22(18)9-8-19-17(23)11-16-15-6-4-3-5-14(15)7-10-24-16/h3-6,12-13,16H,7-11H2,1-2H3,(H,19,23). The zero-order valence-corrected chi connectivity index (χ0v) is 14.2. The number of hydrogen-bond donors (Lipinski definition) is 1. The van der Waals surface area contributed by atoms with Gasteiger partial charge in [0.25, 0.3) is 0 Å². The zero-order valence-electron chi connectivity index (χ0n) is 14.2. The highest BCUT2D eigenvalue weighted by Gasteiger charge is 2.22. The van der Waals surface area contributed by atoms with Crippen LogP contribution in [-0.2, 0) is 22.5 Å². The Balaban J connectivity index is 1.51. The first-order valence-electron chi connectivity index (χ1n) is 8.49. The fraction of sp³-hybridized carbons (Fsp3) is 0.500. The van der Waals surface area contributed by atoms with Gasteiger partial charge in [-0.25, -0.2) is 0 Å². The number of aromatic nitrogens is 3. The lowest BCUT2D eigenvalue weighted by molar-refractivity contribution is -0.124. The fourth-order valence-corrected chi connectivity index (χ4v) is 3.09. The van der Waals surface area contributed by atoms with Gasteiger partial charge in [0, 0.05) is 19.0 Å². The van der Waals surface area contributed by atoms with Gasteiger partial charge >= 0.3 is 0 Å². The van der Waals surface area contributed by atoms with Gasteiger partial charge in [-0.1, -0.05) is 38.1 Å². The van der Waals surface area contributed by atoms with Crippen LogP contribution in [0.2, 0.25) is 0 Å². The Morgan fingerprint density at radius 1 is 1.42 bits per heavy atom. The van der Waals surface area contributed by atoms with Gasteiger partial charge in [0.1, 0.15) is 12.2 Å². The molecule has 0 spiro atoms. The van der Waals surface area contributed by atoms with Crippen molar-refractivity contribution in [1.29, 1.82) is 0 Å². The summed E-state index contributed by atoms with van der Waals surface area (Å²) in [5.74, 6) is 1.26. The van der Waals surface area contributed by atoms with E-state index in [0.29, 0.717) is 32.0 Å². The number of nitrogens with zero attached hydrogens (tertiary/aromatic N) is 3. The van der Waals surface area contributed by atoms with E-state index in [1.165, 1.54) is 5.56 Å². The SMILES string of the molecule is CC(C)c1nncn1CCNC(=O)CC1OCCc2ccccc21. The number of fused-ring (bicyclic) bond motifs is 1. The maximum Gasteiger partial charge on any atom is 0.223 e. The molecule has 6 heteroatoms. The van der Waals surface area contributed by atoms with Gasteiger partial charge in [0.2, 0.25) is 5.91 Å². The molecule has 1 N–H and O–H groups in total. The first-order chi connectivity index (χ1) is 11.6. The van der Waals surface area contributed by atoms with E-state index in [0.717, 1.165) is 17.8 Å². The number of ether oxygens (including phenoxy) is 1. The predicted molar refractivity (Wildman–Crippen MR) is 90.6 cm³/mol. The monoisotopic (exact) mass is 328 g/mol. The molecule has 1 atom stereocenters. The highest BCUT2D eigenvalue weighted by molar-refractivity contribution is 5.76. The van der Waals surface area contributed by atoms with E-state index < -0.39 is 0 Å². The van der Waals surface area contributed by atoms with Crippen LogP contribution in [0.15, 0.2) is 30.6 Å². The lowest BCUT2D eigenvalue weighted by Crippen LogP contribution is -2.30. The molecule has 0 saturated carbocycles. The van der Waals surface area contributed by atoms with Gasteiger partial charge in [-0.2, -0.15) is 0 Å². The Morgan fingerprint density at radius 3 is 3.08 bits per heavy atom. The molecule has 0 saturated heterocycles. The second-order valence-electron chi connectivity index (χ2n) is 6.40. The summed E-state index contributed by atoms with van der Waals surface area (Å²) in [5.41, 5.74) is 2.42. The van der Waals surface area contributed by atoms with Crippen molar-refractivity contribution in [3.8, 4) is 0 Å². The lowest BCUT2D eigenvalue weighted by atomic mass is 9.96. The molecule has 0 radical (unpaired) electrons. The highest BCUT2D eigenvalue weighted by atomic mass is 16.5. The van der Waals surface area contributed by atoms with Gasteiger partial charge in [-0.3, -0.25) is 4.79 Å². The smallest absolute Gasteiger partial charge is 0.223 e. The van der Waals surface area contributed by atoms with Crippen LogP contribution in [-0.4, -0.2) is 33.8 Å². The number of carbonyl (C=O) groups excluding carboxylic acids is 1. The summed E-state index contributed by atoms with van der Waals surface area (Å²) in [5, 5.41) is 11.0. The normalized spacial score (nSPS) is 16.9. The average molecular weight is 328 g/mol. The summed E-state index contributed by atoms with van der Waals surface area (Å²) in [6.45, 7) is 6.07. The predicted octanol–water partition coefficient (Wildman–Crippen LogP) is 2.22. The molecule has 128 valence electrons. The molecule has 2 heterocycles. The summed E-state index contributed by atoms with van der Waals surface area (Å²) >= 11 is 0. The molecule has 1 amide bonds. The van der Waals surface area contributed by atoms with E-state index in [1.807, 2.05) is 16.7 Å². The number of hydrogen-bond acceptors (Lipinski definition) is 4. The van der Waals surface area contributed by atoms with E-state index in [4.69, 9.17) is 4.74 Å². The third kappa shape index (κ3) is 3.82. The highest BCUT2D eigenvalue weighted by Crippen LogP contribution is 2.29. The zero-order chi connectivity index (χ0) is 16.9. The third-order valence-electron chi connectivity index (χ3n) is 4.30. The van der Waals surface area contributed by atoms with Gasteiger partial charge in [-0.05, 0) is 17.5 Å². The second-order valence-corrected chi connectivity index (χ2v) is 6.40. The van der Waals surface area contributed by atoms with Crippen LogP contribution >= 0.6 is 0 Å². The number of carbonyl (C=O) groups is 1. The minimum absolute atomic E-state index is 0.0101. The quantitative estimate of drug-likeness (QED) is 0.883. The van der Waals surface area contributed by atoms with Crippen molar-refractivity contribution in [2.75, 3.05) is 13.2 Å². The van der Waals surface area contributed by atoms with Crippen LogP contribution in [0.4, 0.5) is 0 Å². The minimum atomic E-state index is -0.143. The van der Waals surface area contributed by atoms with Crippen molar-refractivity contribution in [3.05, 3.63) is 47.5 Å². The maximum absolute atomic E-state index is 12.2. The Bertz CT molecular complexity index is 696. The molecule has 0 aliphatic carbocycles. The third-order valence-corrected chi connectivity index (χ3v) is 4.30. The first kappa shape index (κ1) is 16.6. The number of rotatable bonds is 6. The molecule has 3 rings (SSSR count). The van der Waals surface area contributed by atoms with Crippen molar-refractivity contribution in [2.45, 2.75) is 45.3 Å². The Kier molecular flexibility index (Phi) is 5.25. The van der Waals surface area contributed by atoms with E-state index in [2.05, 4.69) is 41.5 Å². The molecular formula is C18H24N4O2. The molecule has 1 unspecified atom stereocenters. The van der Waals surface area contributed by atoms with Crippen LogP contribution < -0.4 is 5.32 Å². The number of nitrogens with one attached hydrogen (secondary N) is 1. The Morgan fingerprint density at radius 2 is 2.25 bits per heavy atom. The first-order valence-corrected chi connectivity index (χ1v) is 8.49. The summed E-state index contributed by atoms with van der Waals surface area (Å²) in [6.07, 6.45) is 2.84. The van der Waals surface area contributed by atoms with Gasteiger partial charge in [0.05, 0.1) is 19.1 Å². The molecule has 1 aliphatic heterocycles. The van der Waals surface area contributed by atoms with E-state index in [9.17, 15) is 4.79 Å². The summed E-state index contributed by atoms with van der Waals surface area (Å²) in [7, 11) is 0. The van der Waals surface area contributed by atoms with Crippen molar-refractivity contribution >= 4 is 5.91 Å². The van der Waals surface area contributed by atoms with Crippen LogP contribution in [0.1, 0.15) is 49.2 Å². The van der Waals surface area contributed by atoms with Crippen molar-refractivity contribution < 1.29 is 9.53 Å². The summed E-state index contributed by atoms with van der Waals surface area (Å²) in [6, 6.07) is 8.20. The fourth-order valence-electron chi connectivity index (χ4n) is 3.09. The lowest BCUT2D eigenvalue weighted by Gasteiger charge is -2.25. The van der Waals surface area contributed by atoms with Crippen molar-refractivity contribution in [1.82, 2.24) is 20.1 Å². The van der Waals surface area contributed by atoms with Crippen LogP contribution in [0, 0.1) is 0 Å². The second kappa shape index (κ2) is 7.57. The van der Waals surface area contributed by atoms with Crippen LogP contribution in [0.25, 0.3) is 0 Å². The minimum Gasteiger partial charge on any atom is -0.373 e. The molecular weight excluding hydrogens is 304 g/mol. The largest absolute Gasteiger partial charge is 0.373 e. The summed E-state index contributed by atoms with van der Waals surface area (Å²) in [4.78, 5) is 12.2. The number of amides is 1. The maximum atomic E-state index is 12.2. The Hall–Kier alpha value is -2.21. The van der Waals surface area contributed by atoms with Crippen molar-refractivity contribution in [3.63, 3.8) is 0 Å². The van der Waals surface area contributed by atoms with E-state index in [1.54, 1.807) is 6.33 Å². The topological polar surface area (TPSA) is 69.0 Å². The van der Waals surface area contributed by atoms with E-state index >= 15 is 0 Å². The molecule has 6 nitrogen and oxygen atoms in total. The summed E-state index contributed by atoms with van der Waals surface area (Å²) < 4.78 is 7.78. The van der Waals surface area contributed by atoms with Crippen LogP contribution in [0.5, 0.6) is 0 Å². The molecule has 0 fully saturated rings. The van der Waals surface area contributed by atoms with Gasteiger partial charge in [0.15, 0.2) is 0 Å². The van der Waals surface area contributed by atoms with E-state index in [-0.39, 0.29) is 12.0 Å². The number of benzene rings is 1. The van der Waals surface area contributed by atoms with Gasteiger partial charge < -0.3 is 14.6 Å². The van der Waals surface area contributed by atoms with Crippen LogP contribution in [0.3, 0.4) is 0 Å².